The molecule has 1 heterocycles. The molecule has 1 amide bonds. The quantitative estimate of drug-likeness (QED) is 0.564. The maximum absolute atomic E-state index is 12.4. The maximum Gasteiger partial charge on any atom is 0.265 e. The van der Waals surface area contributed by atoms with E-state index in [1.54, 1.807) is 24.3 Å². The molecule has 0 fully saturated rings. The smallest absolute Gasteiger partial charge is 0.265 e. The van der Waals surface area contributed by atoms with Crippen molar-refractivity contribution in [1.82, 2.24) is 0 Å². The number of hydrogen-bond acceptors (Lipinski definition) is 4. The molecule has 0 radical (unpaired) electrons. The van der Waals surface area contributed by atoms with Gasteiger partial charge in [0.05, 0.1) is 4.88 Å². The first-order valence-electron chi connectivity index (χ1n) is 8.76. The molecule has 5 heteroatoms. The van der Waals surface area contributed by atoms with Crippen molar-refractivity contribution in [2.75, 3.05) is 5.32 Å². The predicted octanol–water partition coefficient (Wildman–Crippen LogP) is 5.34. The van der Waals surface area contributed by atoms with Crippen LogP contribution in [-0.4, -0.2) is 11.7 Å². The lowest BCUT2D eigenvalue weighted by molar-refractivity contribution is 0.101. The second-order valence-corrected chi connectivity index (χ2v) is 7.10. The second-order valence-electron chi connectivity index (χ2n) is 6.19. The Kier molecular flexibility index (Phi) is 6.04. The Hall–Kier alpha value is -2.92. The van der Waals surface area contributed by atoms with E-state index in [0.717, 1.165) is 17.7 Å². The SMILES string of the molecule is CCc1ccc(OCc2csc(C(=O)Nc3ccc(C(C)=O)cc3)c2)cc1. The van der Waals surface area contributed by atoms with Crippen LogP contribution in [0.5, 0.6) is 5.75 Å². The highest BCUT2D eigenvalue weighted by Crippen LogP contribution is 2.20. The number of Topliss-reactive ketones (excluding diaryl/α,β-unsaturated/α-hetero) is 1. The molecular formula is C22H21NO3S. The van der Waals surface area contributed by atoms with Gasteiger partial charge in [-0.3, -0.25) is 9.59 Å². The highest BCUT2D eigenvalue weighted by molar-refractivity contribution is 7.12. The number of carbonyl (C=O) groups is 2. The molecule has 0 bridgehead atoms. The fourth-order valence-electron chi connectivity index (χ4n) is 2.54. The Labute approximate surface area is 162 Å². The Morgan fingerprint density at radius 3 is 2.33 bits per heavy atom. The molecule has 0 unspecified atom stereocenters. The van der Waals surface area contributed by atoms with Gasteiger partial charge in [-0.1, -0.05) is 19.1 Å². The van der Waals surface area contributed by atoms with E-state index in [1.807, 2.05) is 23.6 Å². The molecule has 3 aromatic rings. The van der Waals surface area contributed by atoms with Crippen LogP contribution >= 0.6 is 11.3 Å². The van der Waals surface area contributed by atoms with Crippen molar-refractivity contribution in [2.24, 2.45) is 0 Å². The molecule has 138 valence electrons. The van der Waals surface area contributed by atoms with E-state index in [2.05, 4.69) is 24.4 Å². The molecule has 0 aliphatic rings. The van der Waals surface area contributed by atoms with Crippen LogP contribution in [0, 0.1) is 0 Å². The van der Waals surface area contributed by atoms with Gasteiger partial charge in [-0.2, -0.15) is 0 Å². The van der Waals surface area contributed by atoms with Crippen LogP contribution in [0.2, 0.25) is 0 Å². The summed E-state index contributed by atoms with van der Waals surface area (Å²) in [6.07, 6.45) is 1.00. The summed E-state index contributed by atoms with van der Waals surface area (Å²) in [6, 6.07) is 16.7. The number of ketones is 1. The molecule has 1 aromatic heterocycles. The van der Waals surface area contributed by atoms with Crippen LogP contribution in [0.4, 0.5) is 5.69 Å². The van der Waals surface area contributed by atoms with Gasteiger partial charge in [-0.25, -0.2) is 0 Å². The fraction of sp³-hybridized carbons (Fsp3) is 0.182. The van der Waals surface area contributed by atoms with Crippen molar-refractivity contribution in [3.63, 3.8) is 0 Å². The van der Waals surface area contributed by atoms with Gasteiger partial charge in [-0.15, -0.1) is 11.3 Å². The average molecular weight is 379 g/mol. The number of rotatable bonds is 7. The van der Waals surface area contributed by atoms with E-state index < -0.39 is 0 Å². The minimum absolute atomic E-state index is 0.000101. The number of hydrogen-bond donors (Lipinski definition) is 1. The molecule has 2 aromatic carbocycles. The van der Waals surface area contributed by atoms with Gasteiger partial charge in [-0.05, 0) is 66.8 Å². The van der Waals surface area contributed by atoms with Crippen LogP contribution in [0.25, 0.3) is 0 Å². The van der Waals surface area contributed by atoms with E-state index in [-0.39, 0.29) is 11.7 Å². The number of benzene rings is 2. The van der Waals surface area contributed by atoms with Crippen LogP contribution in [0.3, 0.4) is 0 Å². The number of ether oxygens (including phenoxy) is 1. The number of aryl methyl sites for hydroxylation is 1. The fourth-order valence-corrected chi connectivity index (χ4v) is 3.33. The molecular weight excluding hydrogens is 358 g/mol. The van der Waals surface area contributed by atoms with Gasteiger partial charge in [0.1, 0.15) is 12.4 Å². The summed E-state index contributed by atoms with van der Waals surface area (Å²) >= 11 is 1.38. The first-order chi connectivity index (χ1) is 13.0. The molecule has 0 aliphatic carbocycles. The third kappa shape index (κ3) is 5.05. The highest BCUT2D eigenvalue weighted by Gasteiger charge is 2.10. The summed E-state index contributed by atoms with van der Waals surface area (Å²) < 4.78 is 5.78. The highest BCUT2D eigenvalue weighted by atomic mass is 32.1. The molecule has 0 atom stereocenters. The van der Waals surface area contributed by atoms with Crippen molar-refractivity contribution in [3.05, 3.63) is 81.5 Å². The second kappa shape index (κ2) is 8.64. The van der Waals surface area contributed by atoms with Crippen molar-refractivity contribution in [1.29, 1.82) is 0 Å². The van der Waals surface area contributed by atoms with E-state index in [1.165, 1.54) is 23.8 Å². The number of thiophene rings is 1. The summed E-state index contributed by atoms with van der Waals surface area (Å²) in [7, 11) is 0. The predicted molar refractivity (Wildman–Crippen MR) is 109 cm³/mol. The summed E-state index contributed by atoms with van der Waals surface area (Å²) in [5, 5.41) is 4.77. The summed E-state index contributed by atoms with van der Waals surface area (Å²) in [4.78, 5) is 24.3. The third-order valence-electron chi connectivity index (χ3n) is 4.16. The summed E-state index contributed by atoms with van der Waals surface area (Å²) in [6.45, 7) is 4.05. The molecule has 0 saturated heterocycles. The van der Waals surface area contributed by atoms with Crippen molar-refractivity contribution >= 4 is 28.7 Å². The van der Waals surface area contributed by atoms with Crippen molar-refractivity contribution in [3.8, 4) is 5.75 Å². The number of carbonyl (C=O) groups excluding carboxylic acids is 2. The van der Waals surface area contributed by atoms with Gasteiger partial charge in [0, 0.05) is 16.8 Å². The van der Waals surface area contributed by atoms with Gasteiger partial charge < -0.3 is 10.1 Å². The lowest BCUT2D eigenvalue weighted by atomic mass is 10.1. The van der Waals surface area contributed by atoms with Gasteiger partial charge in [0.15, 0.2) is 5.78 Å². The monoisotopic (exact) mass is 379 g/mol. The summed E-state index contributed by atoms with van der Waals surface area (Å²) in [5.41, 5.74) is 3.51. The number of anilines is 1. The van der Waals surface area contributed by atoms with E-state index in [0.29, 0.717) is 22.7 Å². The van der Waals surface area contributed by atoms with Crippen LogP contribution in [-0.2, 0) is 13.0 Å². The Balaban J connectivity index is 1.57. The van der Waals surface area contributed by atoms with Crippen molar-refractivity contribution < 1.29 is 14.3 Å². The lowest BCUT2D eigenvalue weighted by Crippen LogP contribution is -2.10. The zero-order valence-electron chi connectivity index (χ0n) is 15.3. The topological polar surface area (TPSA) is 55.4 Å². The largest absolute Gasteiger partial charge is 0.489 e. The maximum atomic E-state index is 12.4. The molecule has 27 heavy (non-hydrogen) atoms. The standard InChI is InChI=1S/C22H21NO3S/c1-3-16-4-10-20(11-5-16)26-13-17-12-21(27-14-17)22(25)23-19-8-6-18(7-9-19)15(2)24/h4-12,14H,3,13H2,1-2H3,(H,23,25). The van der Waals surface area contributed by atoms with Gasteiger partial charge >= 0.3 is 0 Å². The Morgan fingerprint density at radius 2 is 1.70 bits per heavy atom. The first-order valence-corrected chi connectivity index (χ1v) is 9.64. The molecule has 0 spiro atoms. The van der Waals surface area contributed by atoms with E-state index in [9.17, 15) is 9.59 Å². The molecule has 3 rings (SSSR count). The number of nitrogens with one attached hydrogen (secondary N) is 1. The van der Waals surface area contributed by atoms with Crippen molar-refractivity contribution in [2.45, 2.75) is 26.9 Å². The zero-order chi connectivity index (χ0) is 19.2. The van der Waals surface area contributed by atoms with Crippen LogP contribution in [0.1, 0.15) is 45.0 Å². The zero-order valence-corrected chi connectivity index (χ0v) is 16.1. The molecule has 0 aliphatic heterocycles. The van der Waals surface area contributed by atoms with E-state index in [4.69, 9.17) is 4.74 Å². The normalized spacial score (nSPS) is 10.4. The minimum atomic E-state index is -0.172. The lowest BCUT2D eigenvalue weighted by Gasteiger charge is -2.05. The Bertz CT molecular complexity index is 927. The molecule has 1 N–H and O–H groups in total. The Morgan fingerprint density at radius 1 is 1.00 bits per heavy atom. The van der Waals surface area contributed by atoms with Gasteiger partial charge in [0.2, 0.25) is 0 Å². The van der Waals surface area contributed by atoms with Gasteiger partial charge in [0.25, 0.3) is 5.91 Å². The molecule has 0 saturated carbocycles. The number of amides is 1. The third-order valence-corrected chi connectivity index (χ3v) is 5.14. The van der Waals surface area contributed by atoms with Crippen LogP contribution in [0.15, 0.2) is 60.0 Å². The minimum Gasteiger partial charge on any atom is -0.489 e. The molecule has 4 nitrogen and oxygen atoms in total. The van der Waals surface area contributed by atoms with E-state index >= 15 is 0 Å². The first kappa shape index (κ1) is 18.9. The van der Waals surface area contributed by atoms with Crippen LogP contribution < -0.4 is 10.1 Å². The summed E-state index contributed by atoms with van der Waals surface area (Å²) in [5.74, 6) is 0.643. The average Bonchev–Trinajstić information content (AvgIpc) is 3.16.